The van der Waals surface area contributed by atoms with Crippen LogP contribution in [0.25, 0.3) is 10.2 Å². The van der Waals surface area contributed by atoms with E-state index in [9.17, 15) is 0 Å². The van der Waals surface area contributed by atoms with E-state index in [0.717, 1.165) is 44.1 Å². The molecule has 0 unspecified atom stereocenters. The molecule has 25 heavy (non-hydrogen) atoms. The Morgan fingerprint density at radius 3 is 2.88 bits per heavy atom. The standard InChI is InChI=1S/C18H22N6S/c1-2-4-14-13(3-1)16(22-21-14)11-23-6-8-24(9-7-23)18-17-15(5-10-25-17)19-12-20-18/h5,10,12H,1-4,6-9,11H2,(H,21,22). The van der Waals surface area contributed by atoms with Crippen LogP contribution in [0.4, 0.5) is 5.82 Å². The lowest BCUT2D eigenvalue weighted by atomic mass is 9.96. The molecule has 7 heteroatoms. The van der Waals surface area contributed by atoms with Crippen LogP contribution in [0, 0.1) is 0 Å². The van der Waals surface area contributed by atoms with Crippen LogP contribution >= 0.6 is 11.3 Å². The number of rotatable bonds is 3. The van der Waals surface area contributed by atoms with Gasteiger partial charge in [-0.25, -0.2) is 9.97 Å². The molecule has 1 fully saturated rings. The van der Waals surface area contributed by atoms with Crippen molar-refractivity contribution in [1.82, 2.24) is 25.1 Å². The van der Waals surface area contributed by atoms with Crippen LogP contribution in [0.3, 0.4) is 0 Å². The monoisotopic (exact) mass is 354 g/mol. The number of nitrogens with zero attached hydrogens (tertiary/aromatic N) is 5. The fraction of sp³-hybridized carbons (Fsp3) is 0.500. The van der Waals surface area contributed by atoms with Crippen LogP contribution < -0.4 is 4.90 Å². The molecule has 0 bridgehead atoms. The maximum atomic E-state index is 4.60. The first-order valence-electron chi connectivity index (χ1n) is 9.09. The predicted octanol–water partition coefficient (Wildman–Crippen LogP) is 2.62. The van der Waals surface area contributed by atoms with Gasteiger partial charge in [0, 0.05) is 38.4 Å². The van der Waals surface area contributed by atoms with Gasteiger partial charge in [0.05, 0.1) is 15.9 Å². The van der Waals surface area contributed by atoms with Crippen molar-refractivity contribution in [2.24, 2.45) is 0 Å². The van der Waals surface area contributed by atoms with Crippen molar-refractivity contribution in [3.8, 4) is 0 Å². The topological polar surface area (TPSA) is 60.9 Å². The molecule has 4 heterocycles. The maximum absolute atomic E-state index is 4.60. The molecule has 0 saturated carbocycles. The number of thiophene rings is 1. The Hall–Kier alpha value is -1.99. The molecule has 1 aliphatic heterocycles. The summed E-state index contributed by atoms with van der Waals surface area (Å²) in [5.41, 5.74) is 5.19. The van der Waals surface area contributed by atoms with Crippen LogP contribution in [0.5, 0.6) is 0 Å². The zero-order valence-corrected chi connectivity index (χ0v) is 15.1. The molecule has 1 saturated heterocycles. The number of aromatic nitrogens is 4. The first-order valence-corrected chi connectivity index (χ1v) is 9.97. The molecule has 0 atom stereocenters. The lowest BCUT2D eigenvalue weighted by Gasteiger charge is -2.35. The van der Waals surface area contributed by atoms with E-state index in [1.54, 1.807) is 17.7 Å². The highest BCUT2D eigenvalue weighted by molar-refractivity contribution is 7.17. The largest absolute Gasteiger partial charge is 0.353 e. The van der Waals surface area contributed by atoms with Gasteiger partial charge in [-0.3, -0.25) is 10.00 Å². The van der Waals surface area contributed by atoms with Gasteiger partial charge in [0.25, 0.3) is 0 Å². The highest BCUT2D eigenvalue weighted by Crippen LogP contribution is 2.29. The molecular formula is C18H22N6S. The average Bonchev–Trinajstić information content (AvgIpc) is 3.29. The summed E-state index contributed by atoms with van der Waals surface area (Å²) in [7, 11) is 0. The normalized spacial score (nSPS) is 18.6. The van der Waals surface area contributed by atoms with E-state index in [4.69, 9.17) is 0 Å². The molecular weight excluding hydrogens is 332 g/mol. The van der Waals surface area contributed by atoms with Crippen LogP contribution in [0.2, 0.25) is 0 Å². The third kappa shape index (κ3) is 2.81. The smallest absolute Gasteiger partial charge is 0.150 e. The number of aryl methyl sites for hydroxylation is 1. The summed E-state index contributed by atoms with van der Waals surface area (Å²) in [6.45, 7) is 5.10. The summed E-state index contributed by atoms with van der Waals surface area (Å²) in [6, 6.07) is 2.07. The first-order chi connectivity index (χ1) is 12.4. The summed E-state index contributed by atoms with van der Waals surface area (Å²) < 4.78 is 1.21. The van der Waals surface area contributed by atoms with Gasteiger partial charge >= 0.3 is 0 Å². The molecule has 0 aromatic carbocycles. The molecule has 1 aliphatic carbocycles. The Balaban J connectivity index is 1.27. The van der Waals surface area contributed by atoms with Crippen molar-refractivity contribution in [2.45, 2.75) is 32.2 Å². The second-order valence-corrected chi connectivity index (χ2v) is 7.85. The average molecular weight is 354 g/mol. The van der Waals surface area contributed by atoms with Gasteiger partial charge in [0.1, 0.15) is 12.1 Å². The van der Waals surface area contributed by atoms with Gasteiger partial charge in [-0.05, 0) is 42.7 Å². The van der Waals surface area contributed by atoms with Crippen molar-refractivity contribution in [3.05, 3.63) is 34.7 Å². The van der Waals surface area contributed by atoms with Gasteiger partial charge in [-0.1, -0.05) is 0 Å². The Labute approximate surface area is 150 Å². The Bertz CT molecular complexity index is 877. The second kappa shape index (κ2) is 6.38. The minimum absolute atomic E-state index is 0.970. The third-order valence-electron chi connectivity index (χ3n) is 5.41. The molecule has 0 spiro atoms. The molecule has 2 aliphatic rings. The molecule has 3 aromatic rings. The zero-order valence-electron chi connectivity index (χ0n) is 14.2. The SMILES string of the molecule is c1nc(N2CCN(Cc3n[nH]c4c3CCCC4)CC2)c2sccc2n1. The van der Waals surface area contributed by atoms with Gasteiger partial charge in [-0.2, -0.15) is 5.10 Å². The van der Waals surface area contributed by atoms with E-state index < -0.39 is 0 Å². The quantitative estimate of drug-likeness (QED) is 0.783. The Morgan fingerprint density at radius 2 is 1.96 bits per heavy atom. The molecule has 1 N–H and O–H groups in total. The van der Waals surface area contributed by atoms with E-state index in [-0.39, 0.29) is 0 Å². The fourth-order valence-electron chi connectivity index (χ4n) is 4.01. The van der Waals surface area contributed by atoms with Crippen molar-refractivity contribution < 1.29 is 0 Å². The van der Waals surface area contributed by atoms with Crippen molar-refractivity contribution >= 4 is 27.4 Å². The number of nitrogens with one attached hydrogen (secondary N) is 1. The molecule has 5 rings (SSSR count). The number of fused-ring (bicyclic) bond motifs is 2. The van der Waals surface area contributed by atoms with Crippen LogP contribution in [-0.2, 0) is 19.4 Å². The van der Waals surface area contributed by atoms with Crippen molar-refractivity contribution in [2.75, 3.05) is 31.1 Å². The number of anilines is 1. The summed E-state index contributed by atoms with van der Waals surface area (Å²) in [6.07, 6.45) is 6.65. The highest BCUT2D eigenvalue weighted by atomic mass is 32.1. The maximum Gasteiger partial charge on any atom is 0.150 e. The number of aromatic amines is 1. The van der Waals surface area contributed by atoms with Gasteiger partial charge in [0.15, 0.2) is 0 Å². The molecule has 6 nitrogen and oxygen atoms in total. The zero-order chi connectivity index (χ0) is 16.6. The molecule has 3 aromatic heterocycles. The van der Waals surface area contributed by atoms with Crippen molar-refractivity contribution in [3.63, 3.8) is 0 Å². The predicted molar refractivity (Wildman–Crippen MR) is 100 cm³/mol. The lowest BCUT2D eigenvalue weighted by Crippen LogP contribution is -2.46. The van der Waals surface area contributed by atoms with E-state index in [1.807, 2.05) is 0 Å². The highest BCUT2D eigenvalue weighted by Gasteiger charge is 2.23. The van der Waals surface area contributed by atoms with E-state index in [2.05, 4.69) is 41.4 Å². The first kappa shape index (κ1) is 15.3. The summed E-state index contributed by atoms with van der Waals surface area (Å²) in [4.78, 5) is 13.8. The van der Waals surface area contributed by atoms with Gasteiger partial charge < -0.3 is 4.90 Å². The van der Waals surface area contributed by atoms with E-state index in [0.29, 0.717) is 0 Å². The minimum Gasteiger partial charge on any atom is -0.353 e. The minimum atomic E-state index is 0.970. The lowest BCUT2D eigenvalue weighted by molar-refractivity contribution is 0.246. The van der Waals surface area contributed by atoms with Crippen LogP contribution in [0.1, 0.15) is 29.8 Å². The fourth-order valence-corrected chi connectivity index (χ4v) is 4.87. The molecule has 130 valence electrons. The van der Waals surface area contributed by atoms with E-state index in [1.165, 1.54) is 47.3 Å². The number of piperazine rings is 1. The van der Waals surface area contributed by atoms with Crippen LogP contribution in [-0.4, -0.2) is 51.2 Å². The number of hydrogen-bond donors (Lipinski definition) is 1. The van der Waals surface area contributed by atoms with Crippen molar-refractivity contribution in [1.29, 1.82) is 0 Å². The van der Waals surface area contributed by atoms with Crippen LogP contribution in [0.15, 0.2) is 17.8 Å². The third-order valence-corrected chi connectivity index (χ3v) is 6.31. The number of hydrogen-bond acceptors (Lipinski definition) is 6. The van der Waals surface area contributed by atoms with E-state index >= 15 is 0 Å². The number of H-pyrrole nitrogens is 1. The summed E-state index contributed by atoms with van der Waals surface area (Å²) in [5, 5.41) is 9.97. The molecule has 0 amide bonds. The summed E-state index contributed by atoms with van der Waals surface area (Å²) >= 11 is 1.73. The summed E-state index contributed by atoms with van der Waals surface area (Å²) in [5.74, 6) is 1.09. The second-order valence-electron chi connectivity index (χ2n) is 6.93. The van der Waals surface area contributed by atoms with Gasteiger partial charge in [0.2, 0.25) is 0 Å². The Morgan fingerprint density at radius 1 is 1.08 bits per heavy atom. The Kier molecular flexibility index (Phi) is 3.90. The van der Waals surface area contributed by atoms with Gasteiger partial charge in [-0.15, -0.1) is 11.3 Å². The molecule has 0 radical (unpaired) electrons.